The highest BCUT2D eigenvalue weighted by molar-refractivity contribution is 6.33. The fourth-order valence-corrected chi connectivity index (χ4v) is 4.78. The molecule has 38 heavy (non-hydrogen) atoms. The molecule has 0 bridgehead atoms. The maximum Gasteiger partial charge on any atom is 0.336 e. The molecule has 0 fully saturated rings. The number of hydrogen-bond acceptors (Lipinski definition) is 4. The van der Waals surface area contributed by atoms with Crippen molar-refractivity contribution in [1.82, 2.24) is 9.78 Å². The number of aromatic nitrogens is 2. The van der Waals surface area contributed by atoms with Gasteiger partial charge < -0.3 is 14.9 Å². The SMILES string of the molecule is CCc1cccc(Cc2ccc(C(=O)O)cc2C(=O)O)c1COc1ccc(-c2nn(C)c(C)c2Cl)cc1C. The van der Waals surface area contributed by atoms with Crippen molar-refractivity contribution in [3.05, 3.63) is 104 Å². The number of rotatable bonds is 9. The van der Waals surface area contributed by atoms with Crippen LogP contribution in [0.1, 0.15) is 61.2 Å². The van der Waals surface area contributed by atoms with E-state index in [0.29, 0.717) is 23.6 Å². The molecule has 0 radical (unpaired) electrons. The average Bonchev–Trinajstić information content (AvgIpc) is 3.15. The maximum atomic E-state index is 11.9. The third-order valence-electron chi connectivity index (χ3n) is 6.80. The van der Waals surface area contributed by atoms with Crippen LogP contribution in [-0.4, -0.2) is 31.9 Å². The Morgan fingerprint density at radius 2 is 1.71 bits per heavy atom. The topological polar surface area (TPSA) is 102 Å². The number of aromatic carboxylic acids is 2. The summed E-state index contributed by atoms with van der Waals surface area (Å²) in [5.74, 6) is -1.60. The van der Waals surface area contributed by atoms with Gasteiger partial charge in [-0.05, 0) is 84.8 Å². The molecule has 0 saturated carbocycles. The van der Waals surface area contributed by atoms with Crippen LogP contribution < -0.4 is 4.74 Å². The van der Waals surface area contributed by atoms with Gasteiger partial charge >= 0.3 is 11.9 Å². The van der Waals surface area contributed by atoms with Gasteiger partial charge in [0.05, 0.1) is 21.8 Å². The molecule has 1 aromatic heterocycles. The molecule has 0 aliphatic carbocycles. The van der Waals surface area contributed by atoms with Gasteiger partial charge in [-0.1, -0.05) is 42.8 Å². The lowest BCUT2D eigenvalue weighted by atomic mass is 9.92. The van der Waals surface area contributed by atoms with Gasteiger partial charge in [-0.2, -0.15) is 5.10 Å². The highest BCUT2D eigenvalue weighted by Crippen LogP contribution is 2.33. The van der Waals surface area contributed by atoms with Crippen molar-refractivity contribution in [1.29, 1.82) is 0 Å². The van der Waals surface area contributed by atoms with Crippen LogP contribution in [-0.2, 0) is 26.5 Å². The zero-order chi connectivity index (χ0) is 27.6. The minimum absolute atomic E-state index is 0.0199. The van der Waals surface area contributed by atoms with E-state index in [1.54, 1.807) is 10.7 Å². The second kappa shape index (κ2) is 11.1. The molecule has 0 saturated heterocycles. The number of benzene rings is 3. The molecule has 2 N–H and O–H groups in total. The van der Waals surface area contributed by atoms with Gasteiger partial charge in [0, 0.05) is 12.6 Å². The number of carboxylic acids is 2. The van der Waals surface area contributed by atoms with Crippen molar-refractivity contribution < 1.29 is 24.5 Å². The Kier molecular flexibility index (Phi) is 7.88. The smallest absolute Gasteiger partial charge is 0.336 e. The van der Waals surface area contributed by atoms with Crippen LogP contribution in [0.5, 0.6) is 5.75 Å². The third kappa shape index (κ3) is 5.43. The number of nitrogens with zero attached hydrogens (tertiary/aromatic N) is 2. The predicted octanol–water partition coefficient (Wildman–Crippen LogP) is 6.49. The first-order valence-electron chi connectivity index (χ1n) is 12.2. The van der Waals surface area contributed by atoms with E-state index >= 15 is 0 Å². The summed E-state index contributed by atoms with van der Waals surface area (Å²) >= 11 is 6.47. The molecular formula is C30H29ClN2O5. The fourth-order valence-electron chi connectivity index (χ4n) is 4.51. The number of hydrogen-bond donors (Lipinski definition) is 2. The molecule has 0 spiro atoms. The number of carboxylic acid groups (broad SMARTS) is 2. The normalized spacial score (nSPS) is 11.0. The van der Waals surface area contributed by atoms with Gasteiger partial charge in [0.2, 0.25) is 0 Å². The van der Waals surface area contributed by atoms with E-state index in [1.165, 1.54) is 12.1 Å². The van der Waals surface area contributed by atoms with Crippen molar-refractivity contribution in [2.24, 2.45) is 7.05 Å². The Labute approximate surface area is 226 Å². The standard InChI is InChI=1S/C30H29ClN2O5/c1-5-19-7-6-8-20(14-21-9-10-23(29(34)35)15-24(21)30(36)37)25(19)16-38-26-12-11-22(13-17(26)2)28-27(31)18(3)33(4)32-28/h6-13,15H,5,14,16H2,1-4H3,(H,34,35)(H,36,37). The Bertz CT molecular complexity index is 1540. The molecular weight excluding hydrogens is 504 g/mol. The lowest BCUT2D eigenvalue weighted by molar-refractivity contribution is 0.0695. The summed E-state index contributed by atoms with van der Waals surface area (Å²) in [4.78, 5) is 23.2. The van der Waals surface area contributed by atoms with Crippen LogP contribution in [0.25, 0.3) is 11.3 Å². The van der Waals surface area contributed by atoms with Crippen molar-refractivity contribution in [2.75, 3.05) is 0 Å². The van der Waals surface area contributed by atoms with Gasteiger partial charge in [-0.25, -0.2) is 9.59 Å². The van der Waals surface area contributed by atoms with E-state index in [2.05, 4.69) is 12.0 Å². The Morgan fingerprint density at radius 3 is 2.32 bits per heavy atom. The second-order valence-corrected chi connectivity index (χ2v) is 9.59. The third-order valence-corrected chi connectivity index (χ3v) is 7.25. The van der Waals surface area contributed by atoms with Crippen LogP contribution in [0.15, 0.2) is 54.6 Å². The molecule has 0 aliphatic rings. The number of carbonyl (C=O) groups is 2. The van der Waals surface area contributed by atoms with Gasteiger partial charge in [0.15, 0.2) is 0 Å². The average molecular weight is 533 g/mol. The lowest BCUT2D eigenvalue weighted by Gasteiger charge is -2.17. The Morgan fingerprint density at radius 1 is 0.974 bits per heavy atom. The first kappa shape index (κ1) is 26.9. The van der Waals surface area contributed by atoms with E-state index in [0.717, 1.165) is 51.4 Å². The number of halogens is 1. The summed E-state index contributed by atoms with van der Waals surface area (Å²) in [6, 6.07) is 16.0. The Hall–Kier alpha value is -4.10. The molecule has 4 aromatic rings. The first-order valence-corrected chi connectivity index (χ1v) is 12.6. The minimum atomic E-state index is -1.16. The largest absolute Gasteiger partial charge is 0.489 e. The molecule has 7 nitrogen and oxygen atoms in total. The van der Waals surface area contributed by atoms with Gasteiger partial charge in [-0.15, -0.1) is 0 Å². The number of aryl methyl sites for hydroxylation is 3. The first-order chi connectivity index (χ1) is 18.1. The minimum Gasteiger partial charge on any atom is -0.489 e. The van der Waals surface area contributed by atoms with E-state index in [9.17, 15) is 19.8 Å². The van der Waals surface area contributed by atoms with Crippen LogP contribution in [0.2, 0.25) is 5.02 Å². The van der Waals surface area contributed by atoms with E-state index in [-0.39, 0.29) is 11.1 Å². The summed E-state index contributed by atoms with van der Waals surface area (Å²) in [5.41, 5.74) is 6.95. The molecule has 4 rings (SSSR count). The summed E-state index contributed by atoms with van der Waals surface area (Å²) < 4.78 is 8.02. The van der Waals surface area contributed by atoms with Crippen LogP contribution in [0.3, 0.4) is 0 Å². The monoisotopic (exact) mass is 532 g/mol. The molecule has 3 aromatic carbocycles. The van der Waals surface area contributed by atoms with Gasteiger partial charge in [0.1, 0.15) is 18.1 Å². The molecule has 0 aliphatic heterocycles. The summed E-state index contributed by atoms with van der Waals surface area (Å²) in [6.45, 7) is 6.26. The molecule has 1 heterocycles. The maximum absolute atomic E-state index is 11.9. The van der Waals surface area contributed by atoms with Crippen LogP contribution in [0, 0.1) is 13.8 Å². The van der Waals surface area contributed by atoms with Gasteiger partial charge in [0.25, 0.3) is 0 Å². The second-order valence-electron chi connectivity index (χ2n) is 9.21. The predicted molar refractivity (Wildman–Crippen MR) is 146 cm³/mol. The van der Waals surface area contributed by atoms with E-state index < -0.39 is 11.9 Å². The van der Waals surface area contributed by atoms with Crippen LogP contribution in [0.4, 0.5) is 0 Å². The highest BCUT2D eigenvalue weighted by Gasteiger charge is 2.18. The van der Waals surface area contributed by atoms with Crippen LogP contribution >= 0.6 is 11.6 Å². The van der Waals surface area contributed by atoms with Crippen molar-refractivity contribution >= 4 is 23.5 Å². The van der Waals surface area contributed by atoms with Crippen molar-refractivity contribution in [3.63, 3.8) is 0 Å². The summed E-state index contributed by atoms with van der Waals surface area (Å²) in [7, 11) is 1.86. The fraction of sp³-hybridized carbons (Fsp3) is 0.233. The van der Waals surface area contributed by atoms with Gasteiger partial charge in [-0.3, -0.25) is 4.68 Å². The van der Waals surface area contributed by atoms with Crippen molar-refractivity contribution in [3.8, 4) is 17.0 Å². The summed E-state index contributed by atoms with van der Waals surface area (Å²) in [6.07, 6.45) is 1.12. The molecule has 8 heteroatoms. The van der Waals surface area contributed by atoms with E-state index in [1.807, 2.05) is 57.3 Å². The molecule has 196 valence electrons. The summed E-state index contributed by atoms with van der Waals surface area (Å²) in [5, 5.41) is 24.1. The number of ether oxygens (including phenoxy) is 1. The molecule has 0 amide bonds. The molecule has 0 unspecified atom stereocenters. The highest BCUT2D eigenvalue weighted by atomic mass is 35.5. The van der Waals surface area contributed by atoms with Crippen molar-refractivity contribution in [2.45, 2.75) is 40.2 Å². The zero-order valence-corrected chi connectivity index (χ0v) is 22.5. The molecule has 0 atom stereocenters. The van der Waals surface area contributed by atoms with E-state index in [4.69, 9.17) is 16.3 Å². The Balaban J connectivity index is 1.62. The quantitative estimate of drug-likeness (QED) is 0.255. The lowest BCUT2D eigenvalue weighted by Crippen LogP contribution is -2.09. The zero-order valence-electron chi connectivity index (χ0n) is 21.7.